The van der Waals surface area contributed by atoms with E-state index in [1.54, 1.807) is 12.3 Å². The van der Waals surface area contributed by atoms with E-state index in [2.05, 4.69) is 9.88 Å². The highest BCUT2D eigenvalue weighted by Crippen LogP contribution is 2.27. The van der Waals surface area contributed by atoms with Crippen LogP contribution in [-0.4, -0.2) is 63.5 Å². The number of fused-ring (bicyclic) bond motifs is 1. The van der Waals surface area contributed by atoms with Gasteiger partial charge in [0.15, 0.2) is 0 Å². The molecule has 0 atom stereocenters. The van der Waals surface area contributed by atoms with Gasteiger partial charge in [-0.05, 0) is 44.9 Å². The molecule has 1 saturated heterocycles. The molecule has 7 nitrogen and oxygen atoms in total. The fraction of sp³-hybridized carbons (Fsp3) is 0.583. The van der Waals surface area contributed by atoms with Crippen molar-refractivity contribution in [2.75, 3.05) is 33.2 Å². The molecular weight excluding hydrogens is 390 g/mol. The number of carbonyl (C=O) groups excluding carboxylic acids is 1. The van der Waals surface area contributed by atoms with E-state index in [9.17, 15) is 9.59 Å². The normalized spacial score (nSPS) is 17.4. The van der Waals surface area contributed by atoms with Crippen LogP contribution >= 0.6 is 0 Å². The van der Waals surface area contributed by atoms with Gasteiger partial charge < -0.3 is 4.90 Å². The Balaban J connectivity index is 1.28. The van der Waals surface area contributed by atoms with Gasteiger partial charge in [0, 0.05) is 62.9 Å². The lowest BCUT2D eigenvalue weighted by Gasteiger charge is -2.33. The van der Waals surface area contributed by atoms with E-state index in [1.165, 1.54) is 0 Å². The van der Waals surface area contributed by atoms with Crippen LogP contribution in [0.5, 0.6) is 0 Å². The summed E-state index contributed by atoms with van der Waals surface area (Å²) in [4.78, 5) is 38.6. The quantitative estimate of drug-likeness (QED) is 0.713. The fourth-order valence-corrected chi connectivity index (χ4v) is 4.63. The molecule has 0 unspecified atom stereocenters. The third-order valence-corrected chi connectivity index (χ3v) is 6.54. The molecule has 0 bridgehead atoms. The summed E-state index contributed by atoms with van der Waals surface area (Å²) in [6, 6.07) is 7.66. The number of likely N-dealkylation sites (tertiary alicyclic amines) is 1. The van der Waals surface area contributed by atoms with Crippen molar-refractivity contribution in [2.45, 2.75) is 57.4 Å². The maximum Gasteiger partial charge on any atom is 0.253 e. The van der Waals surface area contributed by atoms with Crippen molar-refractivity contribution in [3.8, 4) is 0 Å². The minimum atomic E-state index is 0.0925. The second-order valence-electron chi connectivity index (χ2n) is 8.86. The van der Waals surface area contributed by atoms with E-state index in [0.29, 0.717) is 6.54 Å². The highest BCUT2D eigenvalue weighted by molar-refractivity contribution is 5.78. The Morgan fingerprint density at radius 1 is 1.16 bits per heavy atom. The second-order valence-corrected chi connectivity index (χ2v) is 8.86. The van der Waals surface area contributed by atoms with Gasteiger partial charge in [0.1, 0.15) is 5.82 Å². The average molecular weight is 424 g/mol. The monoisotopic (exact) mass is 423 g/mol. The Labute approximate surface area is 184 Å². The number of likely N-dealkylation sites (N-methyl/N-ethyl adjacent to an activating group) is 1. The number of hydrogen-bond donors (Lipinski definition) is 0. The summed E-state index contributed by atoms with van der Waals surface area (Å²) in [5.74, 6) is 1.40. The second kappa shape index (κ2) is 10.2. The summed E-state index contributed by atoms with van der Waals surface area (Å²) in [5, 5.41) is 0. The van der Waals surface area contributed by atoms with Crippen molar-refractivity contribution >= 4 is 5.91 Å². The summed E-state index contributed by atoms with van der Waals surface area (Å²) in [6.07, 6.45) is 8.62. The van der Waals surface area contributed by atoms with Crippen LogP contribution in [0.25, 0.3) is 0 Å². The molecule has 31 heavy (non-hydrogen) atoms. The molecule has 0 aromatic carbocycles. The number of aryl methyl sites for hydroxylation is 1. The number of aromatic nitrogens is 3. The Morgan fingerprint density at radius 3 is 2.77 bits per heavy atom. The van der Waals surface area contributed by atoms with Crippen molar-refractivity contribution in [2.24, 2.45) is 0 Å². The molecular formula is C24H33N5O2. The lowest BCUT2D eigenvalue weighted by Crippen LogP contribution is -2.43. The summed E-state index contributed by atoms with van der Waals surface area (Å²) in [5.41, 5.74) is 2.07. The standard InChI is InChI=1S/C24H33N5O2/c1-27(14-11-20-7-4-5-12-25-20)18-24(31)28-15-9-19(10-16-28)21-17-23(30)29-13-6-2-3-8-22(29)26-21/h4-5,7,12,17,19H,2-3,6,8-11,13-16,18H2,1H3. The maximum absolute atomic E-state index is 12.7. The molecule has 0 spiro atoms. The zero-order chi connectivity index (χ0) is 21.6. The number of rotatable bonds is 6. The van der Waals surface area contributed by atoms with Gasteiger partial charge in [0.05, 0.1) is 12.2 Å². The number of carbonyl (C=O) groups is 1. The summed E-state index contributed by atoms with van der Waals surface area (Å²) in [6.45, 7) is 3.50. The molecule has 1 fully saturated rings. The Morgan fingerprint density at radius 2 is 2.00 bits per heavy atom. The van der Waals surface area contributed by atoms with Crippen molar-refractivity contribution in [1.29, 1.82) is 0 Å². The topological polar surface area (TPSA) is 71.3 Å². The van der Waals surface area contributed by atoms with E-state index in [4.69, 9.17) is 4.98 Å². The lowest BCUT2D eigenvalue weighted by molar-refractivity contribution is -0.133. The minimum absolute atomic E-state index is 0.0925. The van der Waals surface area contributed by atoms with Crippen LogP contribution in [0, 0.1) is 0 Å². The van der Waals surface area contributed by atoms with Crippen LogP contribution in [-0.2, 0) is 24.2 Å². The van der Waals surface area contributed by atoms with Gasteiger partial charge in [-0.25, -0.2) is 4.98 Å². The van der Waals surface area contributed by atoms with Gasteiger partial charge >= 0.3 is 0 Å². The highest BCUT2D eigenvalue weighted by Gasteiger charge is 2.26. The maximum atomic E-state index is 12.7. The van der Waals surface area contributed by atoms with E-state index in [-0.39, 0.29) is 17.4 Å². The lowest BCUT2D eigenvalue weighted by atomic mass is 9.93. The first-order valence-corrected chi connectivity index (χ1v) is 11.6. The fourth-order valence-electron chi connectivity index (χ4n) is 4.63. The number of nitrogens with zero attached hydrogens (tertiary/aromatic N) is 5. The third kappa shape index (κ3) is 5.58. The van der Waals surface area contributed by atoms with Crippen molar-refractivity contribution in [3.05, 3.63) is 58.0 Å². The molecule has 2 aromatic rings. The summed E-state index contributed by atoms with van der Waals surface area (Å²) < 4.78 is 1.86. The smallest absolute Gasteiger partial charge is 0.253 e. The predicted octanol–water partition coefficient (Wildman–Crippen LogP) is 2.25. The highest BCUT2D eigenvalue weighted by atomic mass is 16.2. The third-order valence-electron chi connectivity index (χ3n) is 6.54. The zero-order valence-electron chi connectivity index (χ0n) is 18.5. The number of piperidine rings is 1. The van der Waals surface area contributed by atoms with Crippen LogP contribution in [0.3, 0.4) is 0 Å². The van der Waals surface area contributed by atoms with Crippen molar-refractivity contribution in [3.63, 3.8) is 0 Å². The van der Waals surface area contributed by atoms with E-state index >= 15 is 0 Å². The molecule has 0 aliphatic carbocycles. The molecule has 0 saturated carbocycles. The number of amides is 1. The molecule has 1 amide bonds. The van der Waals surface area contributed by atoms with E-state index in [0.717, 1.165) is 88.3 Å². The Bertz CT molecular complexity index is 935. The van der Waals surface area contributed by atoms with Gasteiger partial charge in [-0.1, -0.05) is 12.5 Å². The van der Waals surface area contributed by atoms with Gasteiger partial charge in [-0.2, -0.15) is 0 Å². The zero-order valence-corrected chi connectivity index (χ0v) is 18.5. The first kappa shape index (κ1) is 21.7. The molecule has 4 rings (SSSR count). The molecule has 2 aliphatic heterocycles. The number of hydrogen-bond acceptors (Lipinski definition) is 5. The van der Waals surface area contributed by atoms with Crippen molar-refractivity contribution < 1.29 is 4.79 Å². The molecule has 2 aromatic heterocycles. The Hall–Kier alpha value is -2.54. The minimum Gasteiger partial charge on any atom is -0.342 e. The Kier molecular flexibility index (Phi) is 7.12. The largest absolute Gasteiger partial charge is 0.342 e. The van der Waals surface area contributed by atoms with Gasteiger partial charge in [0.2, 0.25) is 5.91 Å². The molecule has 0 N–H and O–H groups in total. The summed E-state index contributed by atoms with van der Waals surface area (Å²) in [7, 11) is 1.99. The molecule has 7 heteroatoms. The van der Waals surface area contributed by atoms with E-state index in [1.807, 2.05) is 34.7 Å². The van der Waals surface area contributed by atoms with Gasteiger partial charge in [-0.15, -0.1) is 0 Å². The first-order chi connectivity index (χ1) is 15.1. The van der Waals surface area contributed by atoms with Crippen molar-refractivity contribution in [1.82, 2.24) is 24.3 Å². The van der Waals surface area contributed by atoms with Crippen LogP contribution in [0.15, 0.2) is 35.3 Å². The SMILES string of the molecule is CN(CCc1ccccn1)CC(=O)N1CCC(c2cc(=O)n3c(n2)CCCCC3)CC1. The van der Waals surface area contributed by atoms with Gasteiger partial charge in [0.25, 0.3) is 5.56 Å². The summed E-state index contributed by atoms with van der Waals surface area (Å²) >= 11 is 0. The van der Waals surface area contributed by atoms with Crippen LogP contribution in [0.1, 0.15) is 55.2 Å². The number of pyridine rings is 1. The van der Waals surface area contributed by atoms with Crippen LogP contribution < -0.4 is 5.56 Å². The molecule has 166 valence electrons. The molecule has 4 heterocycles. The van der Waals surface area contributed by atoms with Crippen LogP contribution in [0.4, 0.5) is 0 Å². The first-order valence-electron chi connectivity index (χ1n) is 11.6. The predicted molar refractivity (Wildman–Crippen MR) is 120 cm³/mol. The van der Waals surface area contributed by atoms with E-state index < -0.39 is 0 Å². The average Bonchev–Trinajstić information content (AvgIpc) is 3.04. The molecule has 0 radical (unpaired) electrons. The molecule has 2 aliphatic rings. The van der Waals surface area contributed by atoms with Gasteiger partial charge in [-0.3, -0.25) is 24.0 Å². The van der Waals surface area contributed by atoms with Crippen LogP contribution in [0.2, 0.25) is 0 Å².